The lowest BCUT2D eigenvalue weighted by Gasteiger charge is -2.39. The molecule has 10 heteroatoms. The number of anilines is 2. The van der Waals surface area contributed by atoms with Crippen molar-refractivity contribution in [1.29, 1.82) is 0 Å². The minimum absolute atomic E-state index is 0.0609. The van der Waals surface area contributed by atoms with Gasteiger partial charge in [-0.2, -0.15) is 4.31 Å². The molecule has 178 valence electrons. The molecule has 0 amide bonds. The molecule has 1 N–H and O–H groups in total. The lowest BCUT2D eigenvalue weighted by molar-refractivity contribution is 0.0697. The van der Waals surface area contributed by atoms with Crippen molar-refractivity contribution in [3.63, 3.8) is 0 Å². The summed E-state index contributed by atoms with van der Waals surface area (Å²) in [6.07, 6.45) is 3.03. The summed E-state index contributed by atoms with van der Waals surface area (Å²) in [5.74, 6) is -2.00. The highest BCUT2D eigenvalue weighted by Crippen LogP contribution is 2.46. The van der Waals surface area contributed by atoms with Crippen LogP contribution in [0.15, 0.2) is 53.4 Å². The van der Waals surface area contributed by atoms with Gasteiger partial charge in [-0.25, -0.2) is 17.6 Å². The van der Waals surface area contributed by atoms with E-state index in [9.17, 15) is 22.7 Å². The second-order valence-electron chi connectivity index (χ2n) is 8.62. The van der Waals surface area contributed by atoms with E-state index in [0.29, 0.717) is 12.2 Å². The molecule has 3 aromatic rings. The van der Waals surface area contributed by atoms with E-state index in [0.717, 1.165) is 42.4 Å². The van der Waals surface area contributed by atoms with Crippen molar-refractivity contribution in [2.24, 2.45) is 5.92 Å². The topological polar surface area (TPSA) is 77.9 Å². The van der Waals surface area contributed by atoms with Crippen LogP contribution in [-0.4, -0.2) is 43.4 Å². The molecule has 0 saturated heterocycles. The Labute approximate surface area is 206 Å². The van der Waals surface area contributed by atoms with Gasteiger partial charge in [0, 0.05) is 35.8 Å². The zero-order valence-electron chi connectivity index (χ0n) is 18.2. The monoisotopic (exact) mass is 520 g/mol. The molecule has 1 fully saturated rings. The van der Waals surface area contributed by atoms with Crippen LogP contribution in [0.2, 0.25) is 5.02 Å². The van der Waals surface area contributed by atoms with Gasteiger partial charge in [-0.1, -0.05) is 36.2 Å². The zero-order valence-corrected chi connectivity index (χ0v) is 20.6. The molecule has 0 radical (unpaired) electrons. The first kappa shape index (κ1) is 23.3. The van der Waals surface area contributed by atoms with Crippen molar-refractivity contribution in [1.82, 2.24) is 4.31 Å². The van der Waals surface area contributed by atoms with Crippen LogP contribution in [0.3, 0.4) is 0 Å². The number of carbonyl (C=O) groups is 1. The molecule has 5 rings (SSSR count). The smallest absolute Gasteiger partial charge is 0.348 e. The number of para-hydroxylation sites is 1. The van der Waals surface area contributed by atoms with Gasteiger partial charge >= 0.3 is 5.97 Å². The summed E-state index contributed by atoms with van der Waals surface area (Å²) in [4.78, 5) is 13.2. The first-order valence-electron chi connectivity index (χ1n) is 10.9. The number of benzene rings is 2. The Morgan fingerprint density at radius 1 is 1.18 bits per heavy atom. The summed E-state index contributed by atoms with van der Waals surface area (Å²) in [7, 11) is -2.30. The molecule has 2 heterocycles. The van der Waals surface area contributed by atoms with Gasteiger partial charge in [0.05, 0.1) is 10.7 Å². The van der Waals surface area contributed by atoms with Crippen molar-refractivity contribution in [3.05, 3.63) is 64.2 Å². The Hall–Kier alpha value is -2.46. The predicted octanol–water partition coefficient (Wildman–Crippen LogP) is 5.85. The Morgan fingerprint density at radius 3 is 2.47 bits per heavy atom. The van der Waals surface area contributed by atoms with Gasteiger partial charge in [0.25, 0.3) is 0 Å². The predicted molar refractivity (Wildman–Crippen MR) is 131 cm³/mol. The molecule has 0 bridgehead atoms. The van der Waals surface area contributed by atoms with Crippen LogP contribution in [0, 0.1) is 11.7 Å². The van der Waals surface area contributed by atoms with Crippen molar-refractivity contribution in [3.8, 4) is 10.4 Å². The average Bonchev–Trinajstić information content (AvgIpc) is 3.13. The number of nitrogens with zero attached hydrogens (tertiary/aromatic N) is 2. The first-order valence-corrected chi connectivity index (χ1v) is 13.5. The van der Waals surface area contributed by atoms with Gasteiger partial charge in [-0.3, -0.25) is 0 Å². The Balaban J connectivity index is 1.72. The number of carboxylic acids is 1. The number of carboxylic acid groups (broad SMARTS) is 1. The number of hydrogen-bond donors (Lipinski definition) is 1. The molecule has 34 heavy (non-hydrogen) atoms. The maximum Gasteiger partial charge on any atom is 0.348 e. The minimum Gasteiger partial charge on any atom is -0.477 e. The van der Waals surface area contributed by atoms with Gasteiger partial charge in [-0.15, -0.1) is 11.3 Å². The van der Waals surface area contributed by atoms with Crippen LogP contribution in [0.25, 0.3) is 10.4 Å². The number of likely N-dealkylation sites (N-methyl/N-ethyl adjacent to an activating group) is 1. The molecule has 1 aliphatic heterocycles. The Morgan fingerprint density at radius 2 is 1.88 bits per heavy atom. The van der Waals surface area contributed by atoms with Crippen LogP contribution in [0.5, 0.6) is 0 Å². The number of halogens is 2. The molecule has 1 aliphatic carbocycles. The molecule has 6 nitrogen and oxygen atoms in total. The summed E-state index contributed by atoms with van der Waals surface area (Å²) in [6, 6.07) is 13.4. The lowest BCUT2D eigenvalue weighted by atomic mass is 9.79. The number of fused-ring (bicyclic) bond motifs is 1. The zero-order chi connectivity index (χ0) is 24.2. The van der Waals surface area contributed by atoms with Gasteiger partial charge in [0.15, 0.2) is 0 Å². The molecule has 0 unspecified atom stereocenters. The number of hydrogen-bond acceptors (Lipinski definition) is 5. The molecule has 1 aromatic heterocycles. The van der Waals surface area contributed by atoms with Gasteiger partial charge in [0.1, 0.15) is 15.6 Å². The second kappa shape index (κ2) is 8.64. The van der Waals surface area contributed by atoms with Crippen LogP contribution in [-0.2, 0) is 10.0 Å². The SMILES string of the molecule is CN1[C@H](C2CCC2)CN(c2ccccc2)c2cc(Cl)c(-c3cc(F)c(C(=O)O)s3)cc2S1(=O)=O. The summed E-state index contributed by atoms with van der Waals surface area (Å²) in [5, 5.41) is 9.46. The van der Waals surface area contributed by atoms with Gasteiger partial charge in [0.2, 0.25) is 10.0 Å². The summed E-state index contributed by atoms with van der Waals surface area (Å²) >= 11 is 7.34. The van der Waals surface area contributed by atoms with Crippen molar-refractivity contribution < 1.29 is 22.7 Å². The molecule has 1 atom stereocenters. The maximum absolute atomic E-state index is 14.2. The quantitative estimate of drug-likeness (QED) is 0.467. The van der Waals surface area contributed by atoms with Gasteiger partial charge < -0.3 is 10.0 Å². The van der Waals surface area contributed by atoms with E-state index in [1.54, 1.807) is 13.1 Å². The fourth-order valence-corrected chi connectivity index (χ4v) is 7.48. The number of aromatic carboxylic acids is 1. The molecule has 0 spiro atoms. The van der Waals surface area contributed by atoms with E-state index >= 15 is 0 Å². The second-order valence-corrected chi connectivity index (χ2v) is 12.0. The minimum atomic E-state index is -3.91. The van der Waals surface area contributed by atoms with E-state index in [1.807, 2.05) is 35.2 Å². The van der Waals surface area contributed by atoms with E-state index in [4.69, 9.17) is 11.6 Å². The molecule has 2 aromatic carbocycles. The molecule has 2 aliphatic rings. The van der Waals surface area contributed by atoms with Crippen molar-refractivity contribution in [2.75, 3.05) is 18.5 Å². The Bertz CT molecular complexity index is 1370. The third-order valence-electron chi connectivity index (χ3n) is 6.74. The van der Waals surface area contributed by atoms with Crippen LogP contribution >= 0.6 is 22.9 Å². The molecular formula is C24H22ClFN2O4S2. The van der Waals surface area contributed by atoms with Crippen LogP contribution in [0.4, 0.5) is 15.8 Å². The van der Waals surface area contributed by atoms with E-state index < -0.39 is 26.7 Å². The normalized spacial score (nSPS) is 20.4. The standard InChI is InChI=1S/C24H22ClFN2O4S2/c1-27-20(14-6-5-7-14)13-28(15-8-3-2-4-9-15)19-11-17(25)16(10-22(19)34(27,31)32)21-12-18(26)23(33-21)24(29)30/h2-4,8-12,14,20H,5-7,13H2,1H3,(H,29,30)/t20-/m0/s1. The highest BCUT2D eigenvalue weighted by molar-refractivity contribution is 7.89. The first-order chi connectivity index (χ1) is 16.2. The fourth-order valence-electron chi connectivity index (χ4n) is 4.65. The molecular weight excluding hydrogens is 499 g/mol. The highest BCUT2D eigenvalue weighted by Gasteiger charge is 2.42. The lowest BCUT2D eigenvalue weighted by Crippen LogP contribution is -2.47. The van der Waals surface area contributed by atoms with E-state index in [1.165, 1.54) is 10.4 Å². The Kier molecular flexibility index (Phi) is 5.92. The number of thiophene rings is 1. The third-order valence-corrected chi connectivity index (χ3v) is 10.1. The largest absolute Gasteiger partial charge is 0.477 e. The summed E-state index contributed by atoms with van der Waals surface area (Å²) < 4.78 is 43.3. The van der Waals surface area contributed by atoms with Gasteiger partial charge in [-0.05, 0) is 49.1 Å². The highest BCUT2D eigenvalue weighted by atomic mass is 35.5. The van der Waals surface area contributed by atoms with E-state index in [-0.39, 0.29) is 32.3 Å². The number of sulfonamides is 1. The maximum atomic E-state index is 14.2. The average molecular weight is 521 g/mol. The van der Waals surface area contributed by atoms with E-state index in [2.05, 4.69) is 0 Å². The van der Waals surface area contributed by atoms with Crippen LogP contribution < -0.4 is 4.90 Å². The van der Waals surface area contributed by atoms with Crippen molar-refractivity contribution in [2.45, 2.75) is 30.2 Å². The fraction of sp³-hybridized carbons (Fsp3) is 0.292. The summed E-state index contributed by atoms with van der Waals surface area (Å²) in [6.45, 7) is 0.476. The molecule has 1 saturated carbocycles. The third kappa shape index (κ3) is 3.80. The summed E-state index contributed by atoms with van der Waals surface area (Å²) in [5.41, 5.74) is 1.57. The van der Waals surface area contributed by atoms with Crippen LogP contribution in [0.1, 0.15) is 28.9 Å². The number of rotatable bonds is 4. The van der Waals surface area contributed by atoms with Crippen molar-refractivity contribution >= 4 is 50.3 Å².